The van der Waals surface area contributed by atoms with Crippen LogP contribution in [0.2, 0.25) is 0 Å². The fourth-order valence-corrected chi connectivity index (χ4v) is 5.92. The fraction of sp³-hybridized carbons (Fsp3) is 0.333. The molecule has 0 fully saturated rings. The smallest absolute Gasteiger partial charge is 0.276 e. The molecular formula is C21H22BrN5O2S. The lowest BCUT2D eigenvalue weighted by Gasteiger charge is -2.11. The molecule has 30 heavy (non-hydrogen) atoms. The predicted octanol–water partition coefficient (Wildman–Crippen LogP) is 4.16. The van der Waals surface area contributed by atoms with Gasteiger partial charge in [-0.1, -0.05) is 19.9 Å². The molecule has 0 aromatic carbocycles. The van der Waals surface area contributed by atoms with Crippen molar-refractivity contribution in [2.24, 2.45) is 7.05 Å². The van der Waals surface area contributed by atoms with Crippen molar-refractivity contribution in [3.63, 3.8) is 0 Å². The van der Waals surface area contributed by atoms with Crippen molar-refractivity contribution in [1.29, 1.82) is 0 Å². The van der Waals surface area contributed by atoms with Crippen LogP contribution in [0.1, 0.15) is 53.4 Å². The second-order valence-corrected chi connectivity index (χ2v) is 9.39. The van der Waals surface area contributed by atoms with Crippen LogP contribution in [0.15, 0.2) is 33.7 Å². The van der Waals surface area contributed by atoms with Crippen LogP contribution in [0.25, 0.3) is 15.9 Å². The van der Waals surface area contributed by atoms with Crippen LogP contribution in [-0.2, 0) is 7.05 Å². The lowest BCUT2D eigenvalue weighted by Crippen LogP contribution is -2.21. The maximum Gasteiger partial charge on any atom is 0.276 e. The normalized spacial score (nSPS) is 12.8. The molecule has 0 spiro atoms. The summed E-state index contributed by atoms with van der Waals surface area (Å²) in [4.78, 5) is 17.8. The number of pyridine rings is 1. The number of hydrogen-bond donors (Lipinski definition) is 1. The molecule has 1 unspecified atom stereocenters. The van der Waals surface area contributed by atoms with Crippen LogP contribution in [0.3, 0.4) is 0 Å². The third-order valence-electron chi connectivity index (χ3n) is 5.16. The van der Waals surface area contributed by atoms with Crippen molar-refractivity contribution in [3.05, 3.63) is 66.7 Å². The Labute approximate surface area is 186 Å². The lowest BCUT2D eigenvalue weighted by molar-refractivity contribution is 0.222. The minimum absolute atomic E-state index is 0.144. The van der Waals surface area contributed by atoms with E-state index in [0.29, 0.717) is 31.8 Å². The van der Waals surface area contributed by atoms with Gasteiger partial charge >= 0.3 is 0 Å². The van der Waals surface area contributed by atoms with Gasteiger partial charge in [-0.25, -0.2) is 14.3 Å². The van der Waals surface area contributed by atoms with E-state index in [1.165, 1.54) is 16.0 Å². The molecule has 156 valence electrons. The third-order valence-corrected chi connectivity index (χ3v) is 7.51. The first kappa shape index (κ1) is 20.9. The summed E-state index contributed by atoms with van der Waals surface area (Å²) in [5.74, 6) is 0.831. The standard InChI is InChI=1S/C21H22BrN5O2S/c1-10(2)17-19-15(21(29)26(5)25-17)16(22)20(30-19)18(28)14-11(3)24-27(12(14)4)13-8-6-7-9-23-13/h6-10,18,28H,1-5H3. The summed E-state index contributed by atoms with van der Waals surface area (Å²) >= 11 is 4.99. The van der Waals surface area contributed by atoms with E-state index >= 15 is 0 Å². The fourth-order valence-electron chi connectivity index (χ4n) is 3.65. The van der Waals surface area contributed by atoms with E-state index in [1.54, 1.807) is 17.9 Å². The zero-order chi connectivity index (χ0) is 21.7. The number of aryl methyl sites for hydroxylation is 2. The van der Waals surface area contributed by atoms with E-state index in [1.807, 2.05) is 45.9 Å². The number of thiophene rings is 1. The van der Waals surface area contributed by atoms with E-state index in [-0.39, 0.29) is 11.5 Å². The first-order valence-corrected chi connectivity index (χ1v) is 11.2. The van der Waals surface area contributed by atoms with Crippen LogP contribution in [-0.4, -0.2) is 29.7 Å². The maximum atomic E-state index is 12.8. The Balaban J connectivity index is 1.91. The minimum atomic E-state index is -0.932. The van der Waals surface area contributed by atoms with Crippen molar-refractivity contribution in [3.8, 4) is 5.82 Å². The summed E-state index contributed by atoms with van der Waals surface area (Å²) in [7, 11) is 1.65. The number of aliphatic hydroxyl groups is 1. The summed E-state index contributed by atoms with van der Waals surface area (Å²) in [5.41, 5.74) is 2.88. The molecular weight excluding hydrogens is 466 g/mol. The molecule has 4 rings (SSSR count). The molecule has 0 bridgehead atoms. The second-order valence-electron chi connectivity index (χ2n) is 7.54. The molecule has 4 aromatic heterocycles. The Morgan fingerprint density at radius 3 is 2.57 bits per heavy atom. The van der Waals surface area contributed by atoms with E-state index in [2.05, 4.69) is 31.1 Å². The van der Waals surface area contributed by atoms with Gasteiger partial charge in [-0.05, 0) is 47.8 Å². The van der Waals surface area contributed by atoms with Gasteiger partial charge in [-0.3, -0.25) is 4.79 Å². The van der Waals surface area contributed by atoms with Crippen LogP contribution in [0.5, 0.6) is 0 Å². The van der Waals surface area contributed by atoms with Crippen molar-refractivity contribution < 1.29 is 5.11 Å². The molecule has 1 atom stereocenters. The van der Waals surface area contributed by atoms with E-state index in [9.17, 15) is 9.90 Å². The highest BCUT2D eigenvalue weighted by atomic mass is 79.9. The molecule has 0 aliphatic rings. The molecule has 0 aliphatic carbocycles. The monoisotopic (exact) mass is 487 g/mol. The molecule has 7 nitrogen and oxygen atoms in total. The SMILES string of the molecule is Cc1nn(-c2ccccn2)c(C)c1C(O)c1sc2c(C(C)C)nn(C)c(=O)c2c1Br. The molecule has 0 amide bonds. The third kappa shape index (κ3) is 3.21. The van der Waals surface area contributed by atoms with Crippen LogP contribution < -0.4 is 5.56 Å². The van der Waals surface area contributed by atoms with Gasteiger partial charge in [0.1, 0.15) is 6.10 Å². The number of nitrogens with zero attached hydrogens (tertiary/aromatic N) is 5. The van der Waals surface area contributed by atoms with Gasteiger partial charge in [0.2, 0.25) is 0 Å². The number of aromatic nitrogens is 5. The number of rotatable bonds is 4. The van der Waals surface area contributed by atoms with E-state index in [0.717, 1.165) is 16.1 Å². The Morgan fingerprint density at radius 2 is 1.93 bits per heavy atom. The van der Waals surface area contributed by atoms with Crippen LogP contribution in [0.4, 0.5) is 0 Å². The largest absolute Gasteiger partial charge is 0.383 e. The molecule has 9 heteroatoms. The highest BCUT2D eigenvalue weighted by molar-refractivity contribution is 9.10. The Morgan fingerprint density at radius 1 is 1.20 bits per heavy atom. The minimum Gasteiger partial charge on any atom is -0.383 e. The van der Waals surface area contributed by atoms with Crippen molar-refractivity contribution in [2.45, 2.75) is 39.7 Å². The van der Waals surface area contributed by atoms with E-state index < -0.39 is 6.10 Å². The predicted molar refractivity (Wildman–Crippen MR) is 122 cm³/mol. The molecule has 0 aliphatic heterocycles. The molecule has 0 saturated heterocycles. The van der Waals surface area contributed by atoms with Gasteiger partial charge in [-0.15, -0.1) is 11.3 Å². The van der Waals surface area contributed by atoms with Gasteiger partial charge in [-0.2, -0.15) is 10.2 Å². The number of fused-ring (bicyclic) bond motifs is 1. The van der Waals surface area contributed by atoms with Gasteiger partial charge in [0.15, 0.2) is 5.82 Å². The quantitative estimate of drug-likeness (QED) is 0.466. The van der Waals surface area contributed by atoms with Crippen molar-refractivity contribution >= 4 is 37.4 Å². The Hall–Kier alpha value is -2.36. The summed E-state index contributed by atoms with van der Waals surface area (Å²) in [6.07, 6.45) is 0.777. The van der Waals surface area contributed by atoms with Crippen molar-refractivity contribution in [2.75, 3.05) is 0 Å². The molecule has 0 saturated carbocycles. The highest BCUT2D eigenvalue weighted by Gasteiger charge is 2.28. The summed E-state index contributed by atoms with van der Waals surface area (Å²) in [5, 5.41) is 21.0. The number of aliphatic hydroxyl groups excluding tert-OH is 1. The van der Waals surface area contributed by atoms with Crippen LogP contribution in [0, 0.1) is 13.8 Å². The summed E-state index contributed by atoms with van der Waals surface area (Å²) < 4.78 is 4.52. The summed E-state index contributed by atoms with van der Waals surface area (Å²) in [6, 6.07) is 5.61. The Bertz CT molecular complexity index is 1310. The second kappa shape index (κ2) is 7.72. The van der Waals surface area contributed by atoms with E-state index in [4.69, 9.17) is 0 Å². The Kier molecular flexibility index (Phi) is 5.37. The zero-order valence-corrected chi connectivity index (χ0v) is 19.7. The molecule has 1 N–H and O–H groups in total. The molecule has 4 aromatic rings. The molecule has 4 heterocycles. The molecule has 0 radical (unpaired) electrons. The van der Waals surface area contributed by atoms with Gasteiger partial charge in [0, 0.05) is 29.0 Å². The number of hydrogen-bond acceptors (Lipinski definition) is 6. The average molecular weight is 488 g/mol. The first-order valence-electron chi connectivity index (χ1n) is 9.57. The van der Waals surface area contributed by atoms with Crippen LogP contribution >= 0.6 is 27.3 Å². The average Bonchev–Trinajstić information content (AvgIpc) is 3.21. The van der Waals surface area contributed by atoms with Gasteiger partial charge < -0.3 is 5.11 Å². The summed E-state index contributed by atoms with van der Waals surface area (Å²) in [6.45, 7) is 7.86. The first-order chi connectivity index (χ1) is 14.2. The maximum absolute atomic E-state index is 12.8. The van der Waals surface area contributed by atoms with Crippen molar-refractivity contribution in [1.82, 2.24) is 24.5 Å². The highest BCUT2D eigenvalue weighted by Crippen LogP contribution is 2.43. The zero-order valence-electron chi connectivity index (χ0n) is 17.3. The lowest BCUT2D eigenvalue weighted by atomic mass is 10.1. The van der Waals surface area contributed by atoms with Gasteiger partial charge in [0.05, 0.1) is 26.4 Å². The number of halogens is 1. The van der Waals surface area contributed by atoms with Gasteiger partial charge in [0.25, 0.3) is 5.56 Å². The topological polar surface area (TPSA) is 85.8 Å².